The van der Waals surface area contributed by atoms with Gasteiger partial charge in [0.15, 0.2) is 5.82 Å². The fourth-order valence-electron chi connectivity index (χ4n) is 2.43. The molecule has 0 aliphatic carbocycles. The molecule has 2 rings (SSSR count). The third kappa shape index (κ3) is 2.99. The molecule has 0 aromatic carbocycles. The maximum Gasteiger partial charge on any atom is 0.151 e. The highest BCUT2D eigenvalue weighted by molar-refractivity contribution is 5.42. The Morgan fingerprint density at radius 1 is 1.33 bits per heavy atom. The van der Waals surface area contributed by atoms with Crippen LogP contribution in [0, 0.1) is 0 Å². The van der Waals surface area contributed by atoms with E-state index in [1.165, 1.54) is 12.8 Å². The molecule has 0 amide bonds. The highest BCUT2D eigenvalue weighted by atomic mass is 15.3. The Morgan fingerprint density at radius 3 is 2.61 bits per heavy atom. The van der Waals surface area contributed by atoms with Crippen molar-refractivity contribution in [2.75, 3.05) is 11.4 Å². The lowest BCUT2D eigenvalue weighted by molar-refractivity contribution is 0.511. The van der Waals surface area contributed by atoms with Crippen molar-refractivity contribution in [3.63, 3.8) is 0 Å². The van der Waals surface area contributed by atoms with Crippen LogP contribution in [0.25, 0.3) is 0 Å². The molecule has 0 bridgehead atoms. The molecule has 100 valence electrons. The van der Waals surface area contributed by atoms with Gasteiger partial charge < -0.3 is 10.2 Å². The van der Waals surface area contributed by atoms with Gasteiger partial charge in [-0.3, -0.25) is 0 Å². The summed E-state index contributed by atoms with van der Waals surface area (Å²) >= 11 is 0. The van der Waals surface area contributed by atoms with Crippen molar-refractivity contribution in [3.8, 4) is 0 Å². The molecule has 18 heavy (non-hydrogen) atoms. The van der Waals surface area contributed by atoms with Gasteiger partial charge in [0.2, 0.25) is 0 Å². The van der Waals surface area contributed by atoms with Gasteiger partial charge in [0.25, 0.3) is 0 Å². The van der Waals surface area contributed by atoms with Gasteiger partial charge in [0, 0.05) is 24.7 Å². The Bertz CT molecular complexity index is 383. The lowest BCUT2D eigenvalue weighted by atomic mass is 10.0. The molecule has 1 aromatic heterocycles. The van der Waals surface area contributed by atoms with Crippen molar-refractivity contribution in [3.05, 3.63) is 17.8 Å². The molecule has 1 aromatic rings. The normalized spacial score (nSPS) is 18.6. The number of hydrogen-bond acceptors (Lipinski definition) is 4. The largest absolute Gasteiger partial charge is 0.350 e. The van der Waals surface area contributed by atoms with Gasteiger partial charge in [-0.05, 0) is 38.8 Å². The highest BCUT2D eigenvalue weighted by Gasteiger charge is 2.32. The van der Waals surface area contributed by atoms with Gasteiger partial charge in [-0.2, -0.15) is 5.10 Å². The van der Waals surface area contributed by atoms with Gasteiger partial charge in [-0.25, -0.2) is 0 Å². The summed E-state index contributed by atoms with van der Waals surface area (Å²) in [6.45, 7) is 10.7. The van der Waals surface area contributed by atoms with Gasteiger partial charge in [0.1, 0.15) is 0 Å². The van der Waals surface area contributed by atoms with Crippen molar-refractivity contribution in [2.24, 2.45) is 0 Å². The summed E-state index contributed by atoms with van der Waals surface area (Å²) in [5.41, 5.74) is 1.22. The second-order valence-electron chi connectivity index (χ2n) is 5.99. The fourth-order valence-corrected chi connectivity index (χ4v) is 2.43. The van der Waals surface area contributed by atoms with Gasteiger partial charge in [-0.15, -0.1) is 5.10 Å². The molecule has 2 heterocycles. The first-order chi connectivity index (χ1) is 8.49. The topological polar surface area (TPSA) is 41.0 Å². The number of nitrogens with zero attached hydrogens (tertiary/aromatic N) is 3. The van der Waals surface area contributed by atoms with Crippen LogP contribution in [0.5, 0.6) is 0 Å². The molecule has 0 spiro atoms. The van der Waals surface area contributed by atoms with Crippen LogP contribution in [-0.4, -0.2) is 28.3 Å². The van der Waals surface area contributed by atoms with Crippen molar-refractivity contribution >= 4 is 5.82 Å². The summed E-state index contributed by atoms with van der Waals surface area (Å²) in [5, 5.41) is 12.0. The Morgan fingerprint density at radius 2 is 2.11 bits per heavy atom. The van der Waals surface area contributed by atoms with E-state index in [-0.39, 0.29) is 5.54 Å². The van der Waals surface area contributed by atoms with Crippen LogP contribution in [0.15, 0.2) is 12.1 Å². The van der Waals surface area contributed by atoms with Crippen molar-refractivity contribution < 1.29 is 0 Å². The van der Waals surface area contributed by atoms with Crippen LogP contribution in [0.4, 0.5) is 5.82 Å². The smallest absolute Gasteiger partial charge is 0.151 e. The molecule has 1 aliphatic rings. The number of rotatable bonds is 4. The summed E-state index contributed by atoms with van der Waals surface area (Å²) in [7, 11) is 0. The van der Waals surface area contributed by atoms with Gasteiger partial charge in [-0.1, -0.05) is 13.8 Å². The van der Waals surface area contributed by atoms with Crippen LogP contribution in [-0.2, 0) is 6.54 Å². The molecular weight excluding hydrogens is 224 g/mol. The molecule has 1 aliphatic heterocycles. The van der Waals surface area contributed by atoms with E-state index in [4.69, 9.17) is 0 Å². The van der Waals surface area contributed by atoms with Crippen LogP contribution in [0.1, 0.15) is 46.2 Å². The number of nitrogens with one attached hydrogen (secondary N) is 1. The molecule has 1 N–H and O–H groups in total. The monoisotopic (exact) mass is 248 g/mol. The minimum Gasteiger partial charge on any atom is -0.350 e. The standard InChI is InChI=1S/C14H24N4/c1-11(2)15-10-12-6-7-13(17-16-12)18-9-5-8-14(18,3)4/h6-7,11,15H,5,8-10H2,1-4H3. The van der Waals surface area contributed by atoms with Crippen LogP contribution < -0.4 is 10.2 Å². The minimum atomic E-state index is 0.215. The highest BCUT2D eigenvalue weighted by Crippen LogP contribution is 2.31. The molecule has 4 heteroatoms. The second-order valence-corrected chi connectivity index (χ2v) is 5.99. The zero-order valence-corrected chi connectivity index (χ0v) is 11.9. The average molecular weight is 248 g/mol. The third-order valence-corrected chi connectivity index (χ3v) is 3.57. The van der Waals surface area contributed by atoms with Crippen molar-refractivity contribution in [1.29, 1.82) is 0 Å². The minimum absolute atomic E-state index is 0.215. The third-order valence-electron chi connectivity index (χ3n) is 3.57. The Hall–Kier alpha value is -1.16. The summed E-state index contributed by atoms with van der Waals surface area (Å²) in [6, 6.07) is 4.65. The molecule has 0 saturated carbocycles. The summed E-state index contributed by atoms with van der Waals surface area (Å²) < 4.78 is 0. The van der Waals surface area contributed by atoms with Crippen molar-refractivity contribution in [1.82, 2.24) is 15.5 Å². The first-order valence-electron chi connectivity index (χ1n) is 6.83. The Labute approximate surface area is 110 Å². The van der Waals surface area contributed by atoms with E-state index in [0.717, 1.165) is 24.6 Å². The molecule has 0 radical (unpaired) electrons. The van der Waals surface area contributed by atoms with Crippen molar-refractivity contribution in [2.45, 2.75) is 58.7 Å². The maximum absolute atomic E-state index is 4.37. The molecular formula is C14H24N4. The predicted octanol–water partition coefficient (Wildman–Crippen LogP) is 2.35. The maximum atomic E-state index is 4.37. The zero-order chi connectivity index (χ0) is 13.2. The first kappa shape index (κ1) is 13.3. The van der Waals surface area contributed by atoms with E-state index in [9.17, 15) is 0 Å². The van der Waals surface area contributed by atoms with Crippen LogP contribution in [0.3, 0.4) is 0 Å². The Balaban J connectivity index is 2.03. The number of hydrogen-bond donors (Lipinski definition) is 1. The van der Waals surface area contributed by atoms with E-state index >= 15 is 0 Å². The molecule has 0 unspecified atom stereocenters. The van der Waals surface area contributed by atoms with E-state index in [1.54, 1.807) is 0 Å². The van der Waals surface area contributed by atoms with E-state index in [0.29, 0.717) is 6.04 Å². The van der Waals surface area contributed by atoms with Crippen LogP contribution >= 0.6 is 0 Å². The zero-order valence-electron chi connectivity index (χ0n) is 11.9. The quantitative estimate of drug-likeness (QED) is 0.888. The lowest BCUT2D eigenvalue weighted by Crippen LogP contribution is -2.38. The number of anilines is 1. The molecule has 4 nitrogen and oxygen atoms in total. The Kier molecular flexibility index (Phi) is 3.85. The molecule has 0 atom stereocenters. The molecule has 1 saturated heterocycles. The average Bonchev–Trinajstić information content (AvgIpc) is 2.67. The second kappa shape index (κ2) is 5.22. The SMILES string of the molecule is CC(C)NCc1ccc(N2CCCC2(C)C)nn1. The van der Waals surface area contributed by atoms with Crippen LogP contribution in [0.2, 0.25) is 0 Å². The molecule has 1 fully saturated rings. The summed E-state index contributed by atoms with van der Waals surface area (Å²) in [5.74, 6) is 1.01. The summed E-state index contributed by atoms with van der Waals surface area (Å²) in [6.07, 6.45) is 2.47. The first-order valence-corrected chi connectivity index (χ1v) is 6.83. The van der Waals surface area contributed by atoms with Gasteiger partial charge >= 0.3 is 0 Å². The number of aromatic nitrogens is 2. The van der Waals surface area contributed by atoms with E-state index in [2.05, 4.69) is 60.2 Å². The van der Waals surface area contributed by atoms with E-state index < -0.39 is 0 Å². The van der Waals surface area contributed by atoms with Gasteiger partial charge in [0.05, 0.1) is 5.69 Å². The lowest BCUT2D eigenvalue weighted by Gasteiger charge is -2.32. The van der Waals surface area contributed by atoms with E-state index in [1.807, 2.05) is 0 Å². The fraction of sp³-hybridized carbons (Fsp3) is 0.714. The predicted molar refractivity (Wildman–Crippen MR) is 74.7 cm³/mol. The summed E-state index contributed by atoms with van der Waals surface area (Å²) in [4.78, 5) is 2.36.